The number of benzene rings is 2. The van der Waals surface area contributed by atoms with E-state index in [-0.39, 0.29) is 30.8 Å². The summed E-state index contributed by atoms with van der Waals surface area (Å²) in [5, 5.41) is 8.38. The van der Waals surface area contributed by atoms with Crippen LogP contribution in [0.4, 0.5) is 17.1 Å². The number of anilines is 3. The Kier molecular flexibility index (Phi) is 8.55. The second kappa shape index (κ2) is 11.1. The van der Waals surface area contributed by atoms with Crippen LogP contribution in [0.1, 0.15) is 39.2 Å². The standard InChI is InChI=1S/C23H30N4O3/c1-5-27(15-23(30)26-21-8-6-7-18(13-21)16(2)3)14-22(29)25-20-11-9-19(10-12-20)24-17(4)28/h6-13,16H,5,14-15H2,1-4H3,(H,24,28)(H,25,29)(H,26,30). The average molecular weight is 411 g/mol. The molecule has 0 radical (unpaired) electrons. The van der Waals surface area contributed by atoms with Crippen molar-refractivity contribution >= 4 is 34.8 Å². The fourth-order valence-electron chi connectivity index (χ4n) is 2.90. The molecule has 0 spiro atoms. The topological polar surface area (TPSA) is 90.5 Å². The maximum absolute atomic E-state index is 12.4. The zero-order valence-electron chi connectivity index (χ0n) is 18.0. The number of nitrogens with one attached hydrogen (secondary N) is 3. The van der Waals surface area contributed by atoms with E-state index in [1.54, 1.807) is 29.2 Å². The van der Waals surface area contributed by atoms with E-state index in [9.17, 15) is 14.4 Å². The number of amides is 3. The highest BCUT2D eigenvalue weighted by Crippen LogP contribution is 2.18. The van der Waals surface area contributed by atoms with Crippen molar-refractivity contribution in [3.05, 3.63) is 54.1 Å². The third kappa shape index (κ3) is 7.67. The molecule has 30 heavy (non-hydrogen) atoms. The number of carbonyl (C=O) groups is 3. The van der Waals surface area contributed by atoms with Crippen molar-refractivity contribution in [2.75, 3.05) is 35.6 Å². The number of likely N-dealkylation sites (N-methyl/N-ethyl adjacent to an activating group) is 1. The van der Waals surface area contributed by atoms with Crippen LogP contribution in [0.2, 0.25) is 0 Å². The van der Waals surface area contributed by atoms with Gasteiger partial charge in [-0.05, 0) is 54.4 Å². The van der Waals surface area contributed by atoms with Gasteiger partial charge in [-0.1, -0.05) is 32.9 Å². The van der Waals surface area contributed by atoms with Gasteiger partial charge in [-0.3, -0.25) is 19.3 Å². The molecule has 0 bridgehead atoms. The van der Waals surface area contributed by atoms with Crippen molar-refractivity contribution in [1.82, 2.24) is 4.90 Å². The van der Waals surface area contributed by atoms with E-state index in [0.717, 1.165) is 11.3 Å². The number of carbonyl (C=O) groups excluding carboxylic acids is 3. The van der Waals surface area contributed by atoms with Gasteiger partial charge in [-0.2, -0.15) is 0 Å². The van der Waals surface area contributed by atoms with Crippen LogP contribution in [0.25, 0.3) is 0 Å². The van der Waals surface area contributed by atoms with Crippen LogP contribution < -0.4 is 16.0 Å². The van der Waals surface area contributed by atoms with Gasteiger partial charge >= 0.3 is 0 Å². The lowest BCUT2D eigenvalue weighted by molar-refractivity contribution is -0.120. The maximum atomic E-state index is 12.4. The molecular weight excluding hydrogens is 380 g/mol. The first-order valence-electron chi connectivity index (χ1n) is 10.1. The molecule has 2 rings (SSSR count). The number of hydrogen-bond donors (Lipinski definition) is 3. The molecule has 0 unspecified atom stereocenters. The minimum Gasteiger partial charge on any atom is -0.326 e. The molecular formula is C23H30N4O3. The molecule has 7 heteroatoms. The van der Waals surface area contributed by atoms with Crippen molar-refractivity contribution in [3.8, 4) is 0 Å². The van der Waals surface area contributed by atoms with Gasteiger partial charge in [0.05, 0.1) is 13.1 Å². The molecule has 0 aliphatic heterocycles. The van der Waals surface area contributed by atoms with E-state index in [4.69, 9.17) is 0 Å². The maximum Gasteiger partial charge on any atom is 0.238 e. The third-order valence-electron chi connectivity index (χ3n) is 4.51. The van der Waals surface area contributed by atoms with Crippen LogP contribution in [0, 0.1) is 0 Å². The van der Waals surface area contributed by atoms with E-state index in [0.29, 0.717) is 23.8 Å². The van der Waals surface area contributed by atoms with Gasteiger partial charge in [0.1, 0.15) is 0 Å². The van der Waals surface area contributed by atoms with Gasteiger partial charge in [0.2, 0.25) is 17.7 Å². The zero-order chi connectivity index (χ0) is 22.1. The predicted molar refractivity (Wildman–Crippen MR) is 121 cm³/mol. The smallest absolute Gasteiger partial charge is 0.238 e. The Balaban J connectivity index is 1.86. The van der Waals surface area contributed by atoms with Crippen LogP contribution in [-0.2, 0) is 14.4 Å². The molecule has 0 fully saturated rings. The van der Waals surface area contributed by atoms with E-state index >= 15 is 0 Å². The van der Waals surface area contributed by atoms with Gasteiger partial charge < -0.3 is 16.0 Å². The van der Waals surface area contributed by atoms with Crippen LogP contribution >= 0.6 is 0 Å². The Morgan fingerprint density at radius 1 is 0.833 bits per heavy atom. The molecule has 0 saturated heterocycles. The second-order valence-corrected chi connectivity index (χ2v) is 7.44. The molecule has 7 nitrogen and oxygen atoms in total. The zero-order valence-corrected chi connectivity index (χ0v) is 18.0. The molecule has 3 N–H and O–H groups in total. The highest BCUT2D eigenvalue weighted by Gasteiger charge is 2.14. The lowest BCUT2D eigenvalue weighted by Gasteiger charge is -2.19. The van der Waals surface area contributed by atoms with Gasteiger partial charge in [-0.25, -0.2) is 0 Å². The molecule has 0 saturated carbocycles. The molecule has 160 valence electrons. The summed E-state index contributed by atoms with van der Waals surface area (Å²) in [6.45, 7) is 8.33. The van der Waals surface area contributed by atoms with Gasteiger partial charge in [0, 0.05) is 24.0 Å². The number of hydrogen-bond acceptors (Lipinski definition) is 4. The summed E-state index contributed by atoms with van der Waals surface area (Å²) in [7, 11) is 0. The lowest BCUT2D eigenvalue weighted by atomic mass is 10.0. The van der Waals surface area contributed by atoms with Gasteiger partial charge in [0.25, 0.3) is 0 Å². The largest absolute Gasteiger partial charge is 0.326 e. The normalized spacial score (nSPS) is 10.7. The van der Waals surface area contributed by atoms with E-state index < -0.39 is 0 Å². The third-order valence-corrected chi connectivity index (χ3v) is 4.51. The number of rotatable bonds is 9. The summed E-state index contributed by atoms with van der Waals surface area (Å²) < 4.78 is 0. The Bertz CT molecular complexity index is 878. The van der Waals surface area contributed by atoms with Crippen LogP contribution in [-0.4, -0.2) is 42.3 Å². The summed E-state index contributed by atoms with van der Waals surface area (Å²) >= 11 is 0. The highest BCUT2D eigenvalue weighted by atomic mass is 16.2. The van der Waals surface area contributed by atoms with Gasteiger partial charge in [0.15, 0.2) is 0 Å². The molecule has 0 atom stereocenters. The molecule has 2 aromatic rings. The SMILES string of the molecule is CCN(CC(=O)Nc1ccc(NC(C)=O)cc1)CC(=O)Nc1cccc(C(C)C)c1. The van der Waals surface area contributed by atoms with Crippen LogP contribution in [0.3, 0.4) is 0 Å². The Labute approximate surface area is 177 Å². The molecule has 0 aliphatic rings. The fourth-order valence-corrected chi connectivity index (χ4v) is 2.90. The second-order valence-electron chi connectivity index (χ2n) is 7.44. The predicted octanol–water partition coefficient (Wildman–Crippen LogP) is 3.67. The minimum absolute atomic E-state index is 0.101. The van der Waals surface area contributed by atoms with E-state index in [1.807, 2.05) is 31.2 Å². The monoisotopic (exact) mass is 410 g/mol. The van der Waals surface area contributed by atoms with Gasteiger partial charge in [-0.15, -0.1) is 0 Å². The summed E-state index contributed by atoms with van der Waals surface area (Å²) in [5.74, 6) is -0.145. The Morgan fingerprint density at radius 2 is 1.37 bits per heavy atom. The van der Waals surface area contributed by atoms with E-state index in [2.05, 4.69) is 29.8 Å². The summed E-state index contributed by atoms with van der Waals surface area (Å²) in [6.07, 6.45) is 0. The highest BCUT2D eigenvalue weighted by molar-refractivity contribution is 5.95. The first kappa shape index (κ1) is 23.1. The van der Waals surface area contributed by atoms with Crippen LogP contribution in [0.5, 0.6) is 0 Å². The van der Waals surface area contributed by atoms with E-state index in [1.165, 1.54) is 6.92 Å². The quantitative estimate of drug-likeness (QED) is 0.588. The molecule has 3 amide bonds. The summed E-state index contributed by atoms with van der Waals surface area (Å²) in [6, 6.07) is 14.6. The fraction of sp³-hybridized carbons (Fsp3) is 0.348. The van der Waals surface area contributed by atoms with Crippen LogP contribution in [0.15, 0.2) is 48.5 Å². The van der Waals surface area contributed by atoms with Crippen molar-refractivity contribution in [2.45, 2.75) is 33.6 Å². The molecule has 0 heterocycles. The summed E-state index contributed by atoms with van der Waals surface area (Å²) in [4.78, 5) is 37.6. The van der Waals surface area contributed by atoms with Crippen molar-refractivity contribution in [2.24, 2.45) is 0 Å². The average Bonchev–Trinajstić information content (AvgIpc) is 2.68. The van der Waals surface area contributed by atoms with Crippen molar-refractivity contribution in [1.29, 1.82) is 0 Å². The van der Waals surface area contributed by atoms with Crippen molar-refractivity contribution < 1.29 is 14.4 Å². The molecule has 0 aliphatic carbocycles. The lowest BCUT2D eigenvalue weighted by Crippen LogP contribution is -2.38. The Morgan fingerprint density at radius 3 is 1.87 bits per heavy atom. The molecule has 0 aromatic heterocycles. The first-order chi connectivity index (χ1) is 14.3. The Hall–Kier alpha value is -3.19. The molecule has 2 aromatic carbocycles. The number of nitrogens with zero attached hydrogens (tertiary/aromatic N) is 1. The van der Waals surface area contributed by atoms with Crippen molar-refractivity contribution in [3.63, 3.8) is 0 Å². The minimum atomic E-state index is -0.210. The first-order valence-corrected chi connectivity index (χ1v) is 10.1. The summed E-state index contributed by atoms with van der Waals surface area (Å²) in [5.41, 5.74) is 3.20.